The third kappa shape index (κ3) is 4.81. The molecule has 2 aromatic rings. The maximum atomic E-state index is 11.9. The summed E-state index contributed by atoms with van der Waals surface area (Å²) in [7, 11) is 0. The molecule has 0 aliphatic rings. The average molecular weight is 364 g/mol. The molecule has 2 amide bonds. The van der Waals surface area contributed by atoms with Gasteiger partial charge in [0.1, 0.15) is 0 Å². The molecule has 124 valence electrons. The highest BCUT2D eigenvalue weighted by Crippen LogP contribution is 2.24. The van der Waals surface area contributed by atoms with Gasteiger partial charge >= 0.3 is 11.8 Å². The standard InChI is InChI=1S/C17H15Cl2N3O2/c1-10-6-11(2)8-13(7-10)21-16(23)17(24)22-20-9-12-4-3-5-14(18)15(12)19/h3-9H,1-2H3,(H,21,23)(H,22,24). The maximum absolute atomic E-state index is 11.9. The van der Waals surface area contributed by atoms with Crippen LogP contribution in [0, 0.1) is 13.8 Å². The number of nitrogens with one attached hydrogen (secondary N) is 2. The number of carbonyl (C=O) groups is 2. The van der Waals surface area contributed by atoms with Crippen LogP contribution in [0.15, 0.2) is 41.5 Å². The minimum Gasteiger partial charge on any atom is -0.318 e. The summed E-state index contributed by atoms with van der Waals surface area (Å²) in [5, 5.41) is 6.92. The Bertz CT molecular complexity index is 799. The Hall–Kier alpha value is -2.37. The minimum absolute atomic E-state index is 0.317. The minimum atomic E-state index is -0.886. The number of amides is 2. The molecule has 0 bridgehead atoms. The van der Waals surface area contributed by atoms with Gasteiger partial charge in [0.2, 0.25) is 0 Å². The molecule has 0 aromatic heterocycles. The van der Waals surface area contributed by atoms with Crippen molar-refractivity contribution in [2.45, 2.75) is 13.8 Å². The van der Waals surface area contributed by atoms with E-state index in [2.05, 4.69) is 15.8 Å². The van der Waals surface area contributed by atoms with Gasteiger partial charge in [0, 0.05) is 11.3 Å². The summed E-state index contributed by atoms with van der Waals surface area (Å²) in [4.78, 5) is 23.6. The molecule has 2 rings (SSSR count). The van der Waals surface area contributed by atoms with Crippen LogP contribution in [0.3, 0.4) is 0 Å². The number of halogens is 2. The van der Waals surface area contributed by atoms with E-state index < -0.39 is 11.8 Å². The van der Waals surface area contributed by atoms with Crippen LogP contribution < -0.4 is 10.7 Å². The van der Waals surface area contributed by atoms with Gasteiger partial charge in [-0.3, -0.25) is 9.59 Å². The second kappa shape index (κ2) is 7.95. The largest absolute Gasteiger partial charge is 0.329 e. The van der Waals surface area contributed by atoms with Crippen LogP contribution in [0.2, 0.25) is 10.0 Å². The summed E-state index contributed by atoms with van der Waals surface area (Å²) in [5.74, 6) is -1.70. The number of anilines is 1. The molecule has 0 saturated heterocycles. The summed E-state index contributed by atoms with van der Waals surface area (Å²) in [5.41, 5.74) is 5.19. The van der Waals surface area contributed by atoms with Crippen LogP contribution in [0.4, 0.5) is 5.69 Å². The first-order chi connectivity index (χ1) is 11.4. The van der Waals surface area contributed by atoms with E-state index in [4.69, 9.17) is 23.2 Å². The number of benzene rings is 2. The Balaban J connectivity index is 1.98. The molecule has 0 spiro atoms. The monoisotopic (exact) mass is 363 g/mol. The third-order valence-corrected chi connectivity index (χ3v) is 3.87. The van der Waals surface area contributed by atoms with Crippen molar-refractivity contribution in [3.8, 4) is 0 Å². The fraction of sp³-hybridized carbons (Fsp3) is 0.118. The van der Waals surface area contributed by atoms with E-state index >= 15 is 0 Å². The van der Waals surface area contributed by atoms with Crippen molar-refractivity contribution in [2.24, 2.45) is 5.10 Å². The van der Waals surface area contributed by atoms with E-state index in [0.717, 1.165) is 11.1 Å². The van der Waals surface area contributed by atoms with Crippen LogP contribution in [0.25, 0.3) is 0 Å². The van der Waals surface area contributed by atoms with Crippen LogP contribution in [0.1, 0.15) is 16.7 Å². The van der Waals surface area contributed by atoms with Crippen LogP contribution >= 0.6 is 23.2 Å². The van der Waals surface area contributed by atoms with Crippen molar-refractivity contribution in [3.63, 3.8) is 0 Å². The Morgan fingerprint density at radius 3 is 2.38 bits per heavy atom. The lowest BCUT2D eigenvalue weighted by molar-refractivity contribution is -0.136. The molecule has 2 aromatic carbocycles. The lowest BCUT2D eigenvalue weighted by Gasteiger charge is -2.06. The van der Waals surface area contributed by atoms with Crippen molar-refractivity contribution >= 4 is 46.9 Å². The number of hydrogen-bond acceptors (Lipinski definition) is 3. The van der Waals surface area contributed by atoms with E-state index in [9.17, 15) is 9.59 Å². The maximum Gasteiger partial charge on any atom is 0.329 e. The number of nitrogens with zero attached hydrogens (tertiary/aromatic N) is 1. The molecule has 2 N–H and O–H groups in total. The lowest BCUT2D eigenvalue weighted by atomic mass is 10.1. The van der Waals surface area contributed by atoms with Gasteiger partial charge in [0.25, 0.3) is 0 Å². The van der Waals surface area contributed by atoms with E-state index in [1.54, 1.807) is 30.3 Å². The van der Waals surface area contributed by atoms with Crippen molar-refractivity contribution in [2.75, 3.05) is 5.32 Å². The Labute approximate surface area is 149 Å². The van der Waals surface area contributed by atoms with Crippen LogP contribution in [-0.2, 0) is 9.59 Å². The summed E-state index contributed by atoms with van der Waals surface area (Å²) in [6.45, 7) is 3.81. The van der Waals surface area contributed by atoms with Gasteiger partial charge in [-0.2, -0.15) is 5.10 Å². The molecule has 0 radical (unpaired) electrons. The summed E-state index contributed by atoms with van der Waals surface area (Å²) < 4.78 is 0. The van der Waals surface area contributed by atoms with Gasteiger partial charge in [-0.05, 0) is 43.2 Å². The Morgan fingerprint density at radius 2 is 1.71 bits per heavy atom. The molecule has 5 nitrogen and oxygen atoms in total. The molecule has 0 fully saturated rings. The smallest absolute Gasteiger partial charge is 0.318 e. The van der Waals surface area contributed by atoms with E-state index in [-0.39, 0.29) is 0 Å². The quantitative estimate of drug-likeness (QED) is 0.495. The van der Waals surface area contributed by atoms with Crippen molar-refractivity contribution in [3.05, 3.63) is 63.1 Å². The zero-order valence-electron chi connectivity index (χ0n) is 13.1. The molecule has 0 aliphatic heterocycles. The second-order valence-electron chi connectivity index (χ2n) is 5.17. The second-order valence-corrected chi connectivity index (χ2v) is 5.96. The van der Waals surface area contributed by atoms with Crippen molar-refractivity contribution in [1.82, 2.24) is 5.43 Å². The van der Waals surface area contributed by atoms with Crippen molar-refractivity contribution in [1.29, 1.82) is 0 Å². The SMILES string of the molecule is Cc1cc(C)cc(NC(=O)C(=O)NN=Cc2cccc(Cl)c2Cl)c1. The first kappa shape index (κ1) is 18.0. The molecule has 0 heterocycles. The number of rotatable bonds is 3. The fourth-order valence-corrected chi connectivity index (χ4v) is 2.42. The molecule has 24 heavy (non-hydrogen) atoms. The molecule has 0 atom stereocenters. The number of carbonyl (C=O) groups excluding carboxylic acids is 2. The van der Waals surface area contributed by atoms with Gasteiger partial charge < -0.3 is 5.32 Å². The predicted octanol–water partition coefficient (Wildman–Crippen LogP) is 3.70. The van der Waals surface area contributed by atoms with E-state index in [1.165, 1.54) is 6.21 Å². The molecule has 0 saturated carbocycles. The third-order valence-electron chi connectivity index (χ3n) is 3.04. The molecule has 0 unspecified atom stereocenters. The Morgan fingerprint density at radius 1 is 1.04 bits per heavy atom. The van der Waals surface area contributed by atoms with Gasteiger partial charge in [-0.25, -0.2) is 5.43 Å². The highest BCUT2D eigenvalue weighted by molar-refractivity contribution is 6.43. The highest BCUT2D eigenvalue weighted by Gasteiger charge is 2.13. The molecular weight excluding hydrogens is 349 g/mol. The Kier molecular flexibility index (Phi) is 5.95. The number of hydrogen-bond donors (Lipinski definition) is 2. The first-order valence-corrected chi connectivity index (χ1v) is 7.79. The first-order valence-electron chi connectivity index (χ1n) is 7.03. The lowest BCUT2D eigenvalue weighted by Crippen LogP contribution is -2.32. The highest BCUT2D eigenvalue weighted by atomic mass is 35.5. The zero-order chi connectivity index (χ0) is 17.7. The molecule has 0 aliphatic carbocycles. The van der Waals surface area contributed by atoms with Gasteiger partial charge in [-0.15, -0.1) is 0 Å². The topological polar surface area (TPSA) is 70.6 Å². The zero-order valence-corrected chi connectivity index (χ0v) is 14.6. The average Bonchev–Trinajstić information content (AvgIpc) is 2.50. The van der Waals surface area contributed by atoms with Gasteiger partial charge in [0.05, 0.1) is 16.3 Å². The number of hydrazone groups is 1. The molecular formula is C17H15Cl2N3O2. The number of aryl methyl sites for hydroxylation is 2. The van der Waals surface area contributed by atoms with Crippen molar-refractivity contribution < 1.29 is 9.59 Å². The molecule has 7 heteroatoms. The summed E-state index contributed by atoms with van der Waals surface area (Å²) in [6.07, 6.45) is 1.32. The fourth-order valence-electron chi connectivity index (χ4n) is 2.07. The summed E-state index contributed by atoms with van der Waals surface area (Å²) in [6, 6.07) is 10.5. The van der Waals surface area contributed by atoms with E-state index in [0.29, 0.717) is 21.3 Å². The van der Waals surface area contributed by atoms with E-state index in [1.807, 2.05) is 19.9 Å². The van der Waals surface area contributed by atoms with Crippen LogP contribution in [-0.4, -0.2) is 18.0 Å². The van der Waals surface area contributed by atoms with Gasteiger partial charge in [0.15, 0.2) is 0 Å². The predicted molar refractivity (Wildman–Crippen MR) is 96.7 cm³/mol. The summed E-state index contributed by atoms with van der Waals surface area (Å²) >= 11 is 11.9. The normalized spacial score (nSPS) is 10.7. The van der Waals surface area contributed by atoms with Crippen LogP contribution in [0.5, 0.6) is 0 Å². The van der Waals surface area contributed by atoms with Gasteiger partial charge in [-0.1, -0.05) is 41.4 Å².